The number of anilines is 1. The van der Waals surface area contributed by atoms with E-state index in [2.05, 4.69) is 15.0 Å². The molecule has 1 aromatic carbocycles. The number of fused-ring (bicyclic) bond motifs is 1. The first-order chi connectivity index (χ1) is 10.2. The number of hydrogen-bond acceptors (Lipinski definition) is 5. The number of halogens is 1. The minimum Gasteiger partial charge on any atom is -0.437 e. The molecule has 0 saturated carbocycles. The lowest BCUT2D eigenvalue weighted by molar-refractivity contribution is 0.462. The van der Waals surface area contributed by atoms with Crippen LogP contribution in [0.2, 0.25) is 5.15 Å². The Hall–Kier alpha value is -2.40. The smallest absolute Gasteiger partial charge is 0.247 e. The van der Waals surface area contributed by atoms with Crippen LogP contribution in [-0.4, -0.2) is 15.0 Å². The van der Waals surface area contributed by atoms with Crippen molar-refractivity contribution in [3.63, 3.8) is 0 Å². The van der Waals surface area contributed by atoms with Crippen molar-refractivity contribution in [1.82, 2.24) is 15.0 Å². The van der Waals surface area contributed by atoms with E-state index in [4.69, 9.17) is 22.1 Å². The fraction of sp³-hybridized carbons (Fsp3) is 0.133. The number of aryl methyl sites for hydroxylation is 1. The van der Waals surface area contributed by atoms with E-state index in [1.54, 1.807) is 6.20 Å². The summed E-state index contributed by atoms with van der Waals surface area (Å²) >= 11 is 5.99. The molecule has 0 bridgehead atoms. The minimum atomic E-state index is 0.204. The third-order valence-corrected chi connectivity index (χ3v) is 3.31. The van der Waals surface area contributed by atoms with Crippen LogP contribution in [0.3, 0.4) is 0 Å². The molecule has 21 heavy (non-hydrogen) atoms. The monoisotopic (exact) mass is 300 g/mol. The summed E-state index contributed by atoms with van der Waals surface area (Å²) in [4.78, 5) is 12.6. The second kappa shape index (κ2) is 5.54. The Labute approximate surface area is 126 Å². The third-order valence-electron chi connectivity index (χ3n) is 3.02. The van der Waals surface area contributed by atoms with Crippen LogP contribution in [0, 0.1) is 0 Å². The van der Waals surface area contributed by atoms with Gasteiger partial charge in [0.25, 0.3) is 0 Å². The number of hydrogen-bond donors (Lipinski definition) is 1. The molecule has 5 nitrogen and oxygen atoms in total. The highest BCUT2D eigenvalue weighted by Gasteiger charge is 2.12. The standard InChI is InChI=1S/C15H13ClN4O/c1-2-12-19-14(16)13(17)15(20-12)21-10-6-5-9-4-3-7-18-11(9)8-10/h3-8H,2,17H2,1H3. The summed E-state index contributed by atoms with van der Waals surface area (Å²) in [7, 11) is 0. The maximum Gasteiger partial charge on any atom is 0.247 e. The van der Waals surface area contributed by atoms with Gasteiger partial charge in [0.15, 0.2) is 5.15 Å². The van der Waals surface area contributed by atoms with Gasteiger partial charge in [-0.1, -0.05) is 24.6 Å². The summed E-state index contributed by atoms with van der Waals surface area (Å²) < 4.78 is 5.74. The molecule has 0 unspecified atom stereocenters. The molecule has 0 aliphatic rings. The number of rotatable bonds is 3. The Balaban J connectivity index is 2.00. The predicted molar refractivity (Wildman–Crippen MR) is 82.6 cm³/mol. The molecule has 0 atom stereocenters. The first-order valence-corrected chi connectivity index (χ1v) is 6.89. The first-order valence-electron chi connectivity index (χ1n) is 6.52. The van der Waals surface area contributed by atoms with E-state index in [1.165, 1.54) is 0 Å². The van der Waals surface area contributed by atoms with Gasteiger partial charge in [0.1, 0.15) is 17.3 Å². The Morgan fingerprint density at radius 1 is 1.24 bits per heavy atom. The number of nitrogens with two attached hydrogens (primary N) is 1. The highest BCUT2D eigenvalue weighted by molar-refractivity contribution is 6.32. The van der Waals surface area contributed by atoms with E-state index in [1.807, 2.05) is 37.3 Å². The van der Waals surface area contributed by atoms with Gasteiger partial charge in [-0.2, -0.15) is 4.98 Å². The van der Waals surface area contributed by atoms with E-state index in [0.717, 1.165) is 10.9 Å². The molecule has 0 spiro atoms. The number of pyridine rings is 1. The van der Waals surface area contributed by atoms with Crippen molar-refractivity contribution in [2.24, 2.45) is 0 Å². The molecule has 0 aliphatic carbocycles. The largest absolute Gasteiger partial charge is 0.437 e. The second-order valence-corrected chi connectivity index (χ2v) is 4.82. The fourth-order valence-corrected chi connectivity index (χ4v) is 2.10. The molecule has 0 saturated heterocycles. The van der Waals surface area contributed by atoms with Gasteiger partial charge >= 0.3 is 0 Å². The molecule has 2 aromatic heterocycles. The SMILES string of the molecule is CCc1nc(Cl)c(N)c(Oc2ccc3cccnc3c2)n1. The van der Waals surface area contributed by atoms with E-state index < -0.39 is 0 Å². The van der Waals surface area contributed by atoms with Gasteiger partial charge in [-0.25, -0.2) is 4.98 Å². The van der Waals surface area contributed by atoms with Gasteiger partial charge in [0.05, 0.1) is 5.52 Å². The predicted octanol–water partition coefficient (Wildman–Crippen LogP) is 3.62. The van der Waals surface area contributed by atoms with Crippen molar-refractivity contribution in [3.05, 3.63) is 47.5 Å². The van der Waals surface area contributed by atoms with Gasteiger partial charge < -0.3 is 10.5 Å². The van der Waals surface area contributed by atoms with Crippen molar-refractivity contribution in [2.45, 2.75) is 13.3 Å². The van der Waals surface area contributed by atoms with E-state index >= 15 is 0 Å². The van der Waals surface area contributed by atoms with E-state index in [9.17, 15) is 0 Å². The molecule has 6 heteroatoms. The van der Waals surface area contributed by atoms with Crippen LogP contribution in [0.25, 0.3) is 10.9 Å². The lowest BCUT2D eigenvalue weighted by atomic mass is 10.2. The summed E-state index contributed by atoms with van der Waals surface area (Å²) in [5.41, 5.74) is 6.94. The van der Waals surface area contributed by atoms with Crippen LogP contribution in [0.15, 0.2) is 36.5 Å². The van der Waals surface area contributed by atoms with Gasteiger partial charge in [0, 0.05) is 24.1 Å². The molecule has 0 radical (unpaired) electrons. The number of aromatic nitrogens is 3. The van der Waals surface area contributed by atoms with Crippen LogP contribution in [-0.2, 0) is 6.42 Å². The Morgan fingerprint density at radius 3 is 2.90 bits per heavy atom. The second-order valence-electron chi connectivity index (χ2n) is 4.46. The van der Waals surface area contributed by atoms with Crippen LogP contribution >= 0.6 is 11.6 Å². The molecule has 0 aliphatic heterocycles. The summed E-state index contributed by atoms with van der Waals surface area (Å²) in [5.74, 6) is 1.45. The van der Waals surface area contributed by atoms with Crippen LogP contribution in [0.4, 0.5) is 5.69 Å². The lowest BCUT2D eigenvalue weighted by Crippen LogP contribution is -2.02. The van der Waals surface area contributed by atoms with E-state index in [0.29, 0.717) is 18.0 Å². The number of nitrogens with zero attached hydrogens (tertiary/aromatic N) is 3. The topological polar surface area (TPSA) is 73.9 Å². The molecule has 0 amide bonds. The van der Waals surface area contributed by atoms with Gasteiger partial charge in [-0.3, -0.25) is 4.98 Å². The van der Waals surface area contributed by atoms with Crippen molar-refractivity contribution in [2.75, 3.05) is 5.73 Å². The molecule has 106 valence electrons. The van der Waals surface area contributed by atoms with E-state index in [-0.39, 0.29) is 16.7 Å². The molecule has 0 fully saturated rings. The summed E-state index contributed by atoms with van der Waals surface area (Å²) in [5, 5.41) is 1.24. The molecule has 3 rings (SSSR count). The fourth-order valence-electron chi connectivity index (χ4n) is 1.92. The quantitative estimate of drug-likeness (QED) is 0.748. The lowest BCUT2D eigenvalue weighted by Gasteiger charge is -2.10. The van der Waals surface area contributed by atoms with Gasteiger partial charge in [-0.05, 0) is 18.2 Å². The zero-order chi connectivity index (χ0) is 14.8. The maximum atomic E-state index is 5.99. The van der Waals surface area contributed by atoms with Crippen molar-refractivity contribution in [1.29, 1.82) is 0 Å². The summed E-state index contributed by atoms with van der Waals surface area (Å²) in [6, 6.07) is 9.47. The maximum absolute atomic E-state index is 5.99. The van der Waals surface area contributed by atoms with Gasteiger partial charge in [0.2, 0.25) is 5.88 Å². The normalized spacial score (nSPS) is 10.8. The average Bonchev–Trinajstić information content (AvgIpc) is 2.51. The van der Waals surface area contributed by atoms with Crippen LogP contribution in [0.1, 0.15) is 12.7 Å². The molecular formula is C15H13ClN4O. The summed E-state index contributed by atoms with van der Waals surface area (Å²) in [6.45, 7) is 1.94. The minimum absolute atomic E-state index is 0.204. The van der Waals surface area contributed by atoms with Crippen LogP contribution < -0.4 is 10.5 Å². The zero-order valence-electron chi connectivity index (χ0n) is 11.4. The molecule has 2 N–H and O–H groups in total. The van der Waals surface area contributed by atoms with Crippen molar-refractivity contribution < 1.29 is 4.74 Å². The van der Waals surface area contributed by atoms with Crippen molar-refractivity contribution >= 4 is 28.2 Å². The Kier molecular flexibility index (Phi) is 3.58. The highest BCUT2D eigenvalue weighted by Crippen LogP contribution is 2.31. The average molecular weight is 301 g/mol. The Morgan fingerprint density at radius 2 is 2.10 bits per heavy atom. The molecule has 3 aromatic rings. The third kappa shape index (κ3) is 2.73. The highest BCUT2D eigenvalue weighted by atomic mass is 35.5. The van der Waals surface area contributed by atoms with Crippen LogP contribution in [0.5, 0.6) is 11.6 Å². The number of ether oxygens (including phenoxy) is 1. The number of benzene rings is 1. The summed E-state index contributed by atoms with van der Waals surface area (Å²) in [6.07, 6.45) is 2.38. The first kappa shape index (κ1) is 13.6. The zero-order valence-corrected chi connectivity index (χ0v) is 12.1. The molecule has 2 heterocycles. The molecular weight excluding hydrogens is 288 g/mol. The Bertz CT molecular complexity index is 807. The number of nitrogen functional groups attached to an aromatic ring is 1. The van der Waals surface area contributed by atoms with Crippen molar-refractivity contribution in [3.8, 4) is 11.6 Å². The van der Waals surface area contributed by atoms with Gasteiger partial charge in [-0.15, -0.1) is 0 Å².